The molecule has 1 aliphatic heterocycles. The lowest BCUT2D eigenvalue weighted by Crippen LogP contribution is -2.40. The van der Waals surface area contributed by atoms with Crippen molar-refractivity contribution in [1.29, 1.82) is 0 Å². The van der Waals surface area contributed by atoms with Gasteiger partial charge in [-0.2, -0.15) is 0 Å². The predicted octanol–water partition coefficient (Wildman–Crippen LogP) is 3.96. The smallest absolute Gasteiger partial charge is 0.225 e. The van der Waals surface area contributed by atoms with E-state index in [4.69, 9.17) is 4.98 Å². The third-order valence-corrected chi connectivity index (χ3v) is 5.42. The van der Waals surface area contributed by atoms with Crippen LogP contribution in [0.2, 0.25) is 0 Å². The second-order valence-corrected chi connectivity index (χ2v) is 7.72. The molecule has 0 N–H and O–H groups in total. The second kappa shape index (κ2) is 8.47. The van der Waals surface area contributed by atoms with Crippen LogP contribution in [0, 0.1) is 5.92 Å². The number of amides is 1. The molecule has 4 rings (SSSR count). The van der Waals surface area contributed by atoms with Crippen molar-refractivity contribution in [1.82, 2.24) is 24.8 Å². The fourth-order valence-electron chi connectivity index (χ4n) is 3.83. The van der Waals surface area contributed by atoms with Crippen LogP contribution in [0.4, 0.5) is 0 Å². The molecule has 3 aromatic heterocycles. The molecule has 0 spiro atoms. The average molecular weight is 387 g/mol. The van der Waals surface area contributed by atoms with Gasteiger partial charge in [-0.25, -0.2) is 9.97 Å². The minimum atomic E-state index is 0.0372. The summed E-state index contributed by atoms with van der Waals surface area (Å²) in [4.78, 5) is 32.2. The summed E-state index contributed by atoms with van der Waals surface area (Å²) in [6.07, 6.45) is 10.8. The summed E-state index contributed by atoms with van der Waals surface area (Å²) in [5, 5.41) is 0. The summed E-state index contributed by atoms with van der Waals surface area (Å²) in [6.45, 7) is 5.45. The van der Waals surface area contributed by atoms with Crippen molar-refractivity contribution in [2.75, 3.05) is 13.1 Å². The molecule has 1 fully saturated rings. The molecule has 4 heterocycles. The first-order chi connectivity index (χ1) is 14.1. The van der Waals surface area contributed by atoms with Crippen molar-refractivity contribution in [3.8, 4) is 22.5 Å². The molecule has 0 radical (unpaired) electrons. The van der Waals surface area contributed by atoms with E-state index in [-0.39, 0.29) is 17.7 Å². The van der Waals surface area contributed by atoms with E-state index in [0.717, 1.165) is 48.3 Å². The highest BCUT2D eigenvalue weighted by atomic mass is 16.2. The molecule has 148 valence electrons. The topological polar surface area (TPSA) is 71.9 Å². The number of pyridine rings is 2. The Labute approximate surface area is 171 Å². The van der Waals surface area contributed by atoms with Crippen molar-refractivity contribution in [2.45, 2.75) is 32.6 Å². The molecule has 0 bridgehead atoms. The minimum absolute atomic E-state index is 0.0372. The monoisotopic (exact) mass is 387 g/mol. The Bertz CT molecular complexity index is 967. The summed E-state index contributed by atoms with van der Waals surface area (Å²) in [7, 11) is 0. The SMILES string of the molecule is CC(C)C(=O)N1CCC(c2nc(-c3cccnc3)ncc2-c2ccncc2)CC1. The van der Waals surface area contributed by atoms with Gasteiger partial charge >= 0.3 is 0 Å². The molecule has 1 saturated heterocycles. The number of carbonyl (C=O) groups is 1. The molecule has 1 amide bonds. The van der Waals surface area contributed by atoms with E-state index in [1.165, 1.54) is 0 Å². The van der Waals surface area contributed by atoms with Crippen LogP contribution in [0.1, 0.15) is 38.3 Å². The van der Waals surface area contributed by atoms with Crippen LogP contribution in [-0.4, -0.2) is 43.8 Å². The summed E-state index contributed by atoms with van der Waals surface area (Å²) in [5.41, 5.74) is 4.05. The first-order valence-electron chi connectivity index (χ1n) is 10.1. The van der Waals surface area contributed by atoms with Gasteiger partial charge in [-0.3, -0.25) is 14.8 Å². The van der Waals surface area contributed by atoms with Crippen molar-refractivity contribution in [3.05, 3.63) is 60.9 Å². The summed E-state index contributed by atoms with van der Waals surface area (Å²) < 4.78 is 0. The molecular weight excluding hydrogens is 362 g/mol. The Kier molecular flexibility index (Phi) is 5.60. The van der Waals surface area contributed by atoms with Crippen molar-refractivity contribution < 1.29 is 4.79 Å². The van der Waals surface area contributed by atoms with Gasteiger partial charge < -0.3 is 4.90 Å². The van der Waals surface area contributed by atoms with Crippen molar-refractivity contribution in [2.24, 2.45) is 5.92 Å². The molecule has 0 unspecified atom stereocenters. The molecule has 0 atom stereocenters. The van der Waals surface area contributed by atoms with Gasteiger partial charge in [0.05, 0.1) is 5.69 Å². The molecule has 1 aliphatic rings. The molecule has 6 nitrogen and oxygen atoms in total. The molecule has 0 aromatic carbocycles. The molecule has 6 heteroatoms. The van der Waals surface area contributed by atoms with E-state index >= 15 is 0 Å². The van der Waals surface area contributed by atoms with Gasteiger partial charge in [-0.05, 0) is 42.7 Å². The van der Waals surface area contributed by atoms with Crippen LogP contribution in [0.3, 0.4) is 0 Å². The number of nitrogens with zero attached hydrogens (tertiary/aromatic N) is 5. The van der Waals surface area contributed by atoms with Gasteiger partial charge in [0.25, 0.3) is 0 Å². The lowest BCUT2D eigenvalue weighted by atomic mass is 9.88. The molecule has 0 aliphatic carbocycles. The average Bonchev–Trinajstić information content (AvgIpc) is 2.79. The Morgan fingerprint density at radius 2 is 1.76 bits per heavy atom. The molecule has 3 aromatic rings. The standard InChI is InChI=1S/C23H25N5O/c1-16(2)23(29)28-12-7-18(8-13-28)21-20(17-5-10-24-11-6-17)15-26-22(27-21)19-4-3-9-25-14-19/h3-6,9-11,14-16,18H,7-8,12-13H2,1-2H3. The number of likely N-dealkylation sites (tertiary alicyclic amines) is 1. The van der Waals surface area contributed by atoms with Crippen molar-refractivity contribution >= 4 is 5.91 Å². The maximum atomic E-state index is 12.4. The zero-order valence-electron chi connectivity index (χ0n) is 16.8. The van der Waals surface area contributed by atoms with E-state index in [1.807, 2.05) is 49.2 Å². The van der Waals surface area contributed by atoms with Gasteiger partial charge in [0.2, 0.25) is 5.91 Å². The Balaban J connectivity index is 1.67. The largest absolute Gasteiger partial charge is 0.342 e. The fraction of sp³-hybridized carbons (Fsp3) is 0.348. The van der Waals surface area contributed by atoms with E-state index in [9.17, 15) is 4.79 Å². The lowest BCUT2D eigenvalue weighted by Gasteiger charge is -2.33. The van der Waals surface area contributed by atoms with E-state index in [2.05, 4.69) is 15.0 Å². The second-order valence-electron chi connectivity index (χ2n) is 7.72. The quantitative estimate of drug-likeness (QED) is 0.677. The molecule has 29 heavy (non-hydrogen) atoms. The number of piperidine rings is 1. The van der Waals surface area contributed by atoms with Crippen LogP contribution in [0.25, 0.3) is 22.5 Å². The zero-order valence-corrected chi connectivity index (χ0v) is 16.8. The van der Waals surface area contributed by atoms with Gasteiger partial charge in [-0.15, -0.1) is 0 Å². The molecular formula is C23H25N5O. The summed E-state index contributed by atoms with van der Waals surface area (Å²) in [6, 6.07) is 7.85. The van der Waals surface area contributed by atoms with Gasteiger partial charge in [0.15, 0.2) is 5.82 Å². The van der Waals surface area contributed by atoms with Gasteiger partial charge in [0, 0.05) is 67.0 Å². The summed E-state index contributed by atoms with van der Waals surface area (Å²) >= 11 is 0. The highest BCUT2D eigenvalue weighted by Crippen LogP contribution is 2.35. The van der Waals surface area contributed by atoms with E-state index in [1.54, 1.807) is 24.8 Å². The van der Waals surface area contributed by atoms with Crippen LogP contribution in [0.15, 0.2) is 55.2 Å². The normalized spacial score (nSPS) is 14.9. The van der Waals surface area contributed by atoms with Gasteiger partial charge in [-0.1, -0.05) is 13.8 Å². The number of aromatic nitrogens is 4. The maximum absolute atomic E-state index is 12.4. The van der Waals surface area contributed by atoms with Crippen LogP contribution in [-0.2, 0) is 4.79 Å². The van der Waals surface area contributed by atoms with Gasteiger partial charge in [0.1, 0.15) is 0 Å². The Hall–Kier alpha value is -3.15. The molecule has 0 saturated carbocycles. The number of rotatable bonds is 4. The van der Waals surface area contributed by atoms with Crippen LogP contribution < -0.4 is 0 Å². The number of carbonyl (C=O) groups excluding carboxylic acids is 1. The third kappa shape index (κ3) is 4.16. The highest BCUT2D eigenvalue weighted by Gasteiger charge is 2.28. The van der Waals surface area contributed by atoms with E-state index < -0.39 is 0 Å². The predicted molar refractivity (Wildman–Crippen MR) is 112 cm³/mol. The van der Waals surface area contributed by atoms with E-state index in [0.29, 0.717) is 5.82 Å². The number of hydrogen-bond donors (Lipinski definition) is 0. The number of hydrogen-bond acceptors (Lipinski definition) is 5. The van der Waals surface area contributed by atoms with Crippen LogP contribution in [0.5, 0.6) is 0 Å². The first-order valence-corrected chi connectivity index (χ1v) is 10.1. The summed E-state index contributed by atoms with van der Waals surface area (Å²) in [5.74, 6) is 1.24. The Morgan fingerprint density at radius 3 is 2.41 bits per heavy atom. The minimum Gasteiger partial charge on any atom is -0.342 e. The Morgan fingerprint density at radius 1 is 1.00 bits per heavy atom. The zero-order chi connectivity index (χ0) is 20.2. The van der Waals surface area contributed by atoms with Crippen molar-refractivity contribution in [3.63, 3.8) is 0 Å². The first kappa shape index (κ1) is 19.2. The van der Waals surface area contributed by atoms with Crippen LogP contribution >= 0.6 is 0 Å². The highest BCUT2D eigenvalue weighted by molar-refractivity contribution is 5.78. The lowest BCUT2D eigenvalue weighted by molar-refractivity contribution is -0.135. The fourth-order valence-corrected chi connectivity index (χ4v) is 3.83. The third-order valence-electron chi connectivity index (χ3n) is 5.42. The maximum Gasteiger partial charge on any atom is 0.225 e.